The van der Waals surface area contributed by atoms with E-state index in [9.17, 15) is 0 Å². The highest BCUT2D eigenvalue weighted by atomic mass is 127. The van der Waals surface area contributed by atoms with Gasteiger partial charge in [0.05, 0.1) is 6.61 Å². The molecule has 0 aliphatic carbocycles. The van der Waals surface area contributed by atoms with E-state index in [4.69, 9.17) is 5.11 Å². The second kappa shape index (κ2) is 12.6. The molecule has 0 aliphatic rings. The van der Waals surface area contributed by atoms with Gasteiger partial charge in [-0.25, -0.2) is 0 Å². The van der Waals surface area contributed by atoms with Gasteiger partial charge in [-0.05, 0) is 57.5 Å². The summed E-state index contributed by atoms with van der Waals surface area (Å²) >= 11 is 2.29. The van der Waals surface area contributed by atoms with Crippen LogP contribution in [0.2, 0.25) is 0 Å². The van der Waals surface area contributed by atoms with Gasteiger partial charge in [0.2, 0.25) is 0 Å². The van der Waals surface area contributed by atoms with Crippen LogP contribution in [0.1, 0.15) is 31.9 Å². The van der Waals surface area contributed by atoms with Crippen molar-refractivity contribution in [2.24, 2.45) is 14.1 Å². The molecule has 1 N–H and O–H groups in total. The number of benzene rings is 2. The molecule has 0 amide bonds. The normalized spacial score (nSPS) is 9.71. The Kier molecular flexibility index (Phi) is 10.9. The van der Waals surface area contributed by atoms with E-state index in [2.05, 4.69) is 89.1 Å². The van der Waals surface area contributed by atoms with Crippen LogP contribution >= 0.6 is 22.6 Å². The van der Waals surface area contributed by atoms with Gasteiger partial charge in [0.1, 0.15) is 0 Å². The molecule has 28 heavy (non-hydrogen) atoms. The number of aliphatic hydroxyl groups is 1. The first-order valence-electron chi connectivity index (χ1n) is 9.72. The molecule has 0 saturated carbocycles. The van der Waals surface area contributed by atoms with Gasteiger partial charge in [-0.3, -0.25) is 0 Å². The molecule has 0 fully saturated rings. The topological polar surface area (TPSA) is 30.1 Å². The first kappa shape index (κ1) is 24.2. The van der Waals surface area contributed by atoms with Crippen molar-refractivity contribution < 1.29 is 5.11 Å². The molecule has 152 valence electrons. The lowest BCUT2D eigenvalue weighted by atomic mass is 10.2. The first-order chi connectivity index (χ1) is 13.5. The Balaban J connectivity index is 0.000000229. The number of halogens is 1. The summed E-state index contributed by atoms with van der Waals surface area (Å²) in [6.45, 7) is 8.34. The lowest BCUT2D eigenvalue weighted by molar-refractivity contribution is 0.282. The molecule has 0 bridgehead atoms. The minimum absolute atomic E-state index is 0.112. The Morgan fingerprint density at radius 3 is 1.79 bits per heavy atom. The van der Waals surface area contributed by atoms with Gasteiger partial charge in [0.25, 0.3) is 0 Å². The van der Waals surface area contributed by atoms with E-state index < -0.39 is 0 Å². The van der Waals surface area contributed by atoms with E-state index in [1.165, 1.54) is 31.8 Å². The van der Waals surface area contributed by atoms with Crippen LogP contribution in [0, 0.1) is 6.92 Å². The summed E-state index contributed by atoms with van der Waals surface area (Å²) in [6, 6.07) is 16.7. The van der Waals surface area contributed by atoms with Crippen LogP contribution in [-0.2, 0) is 20.7 Å². The summed E-state index contributed by atoms with van der Waals surface area (Å²) in [5, 5.41) is 11.5. The lowest BCUT2D eigenvalue weighted by Crippen LogP contribution is -1.86. The zero-order valence-corrected chi connectivity index (χ0v) is 20.1. The number of hydrogen-bond acceptors (Lipinski definition) is 1. The van der Waals surface area contributed by atoms with E-state index in [1.54, 1.807) is 0 Å². The molecule has 4 rings (SSSR count). The third kappa shape index (κ3) is 6.67. The molecule has 4 heteroatoms. The highest BCUT2D eigenvalue weighted by Crippen LogP contribution is 2.16. The highest BCUT2D eigenvalue weighted by Gasteiger charge is 1.98. The number of rotatable bonds is 1. The van der Waals surface area contributed by atoms with Crippen molar-refractivity contribution in [2.75, 3.05) is 4.43 Å². The number of hydrogen-bond donors (Lipinski definition) is 1. The van der Waals surface area contributed by atoms with Crippen molar-refractivity contribution in [1.29, 1.82) is 0 Å². The average molecular weight is 492 g/mol. The summed E-state index contributed by atoms with van der Waals surface area (Å²) in [7, 11) is 4.07. The average Bonchev–Trinajstić information content (AvgIpc) is 3.27. The molecule has 0 spiro atoms. The number of alkyl halides is 1. The number of aryl methyl sites for hydroxylation is 3. The van der Waals surface area contributed by atoms with Crippen LogP contribution in [0.25, 0.3) is 21.8 Å². The van der Waals surface area contributed by atoms with Crippen LogP contribution in [-0.4, -0.2) is 18.7 Å². The molecule has 4 aromatic rings. The predicted octanol–water partition coefficient (Wildman–Crippen LogP) is 6.62. The van der Waals surface area contributed by atoms with Gasteiger partial charge >= 0.3 is 0 Å². The molecular formula is C24H33IN2O. The summed E-state index contributed by atoms with van der Waals surface area (Å²) in [5.74, 6) is 0. The monoisotopic (exact) mass is 492 g/mol. The Bertz CT molecular complexity index is 969. The molecule has 2 heterocycles. The lowest BCUT2D eigenvalue weighted by Gasteiger charge is -1.98. The van der Waals surface area contributed by atoms with E-state index in [1.807, 2.05) is 45.3 Å². The molecule has 0 radical (unpaired) electrons. The summed E-state index contributed by atoms with van der Waals surface area (Å²) in [4.78, 5) is 0. The van der Waals surface area contributed by atoms with Crippen LogP contribution < -0.4 is 0 Å². The third-order valence-electron chi connectivity index (χ3n) is 4.18. The zero-order chi connectivity index (χ0) is 21.1. The van der Waals surface area contributed by atoms with Crippen molar-refractivity contribution in [3.05, 3.63) is 72.1 Å². The minimum atomic E-state index is 0.112. The van der Waals surface area contributed by atoms with Crippen molar-refractivity contribution in [3.63, 3.8) is 0 Å². The van der Waals surface area contributed by atoms with Crippen molar-refractivity contribution in [1.82, 2.24) is 9.13 Å². The molecule has 0 saturated heterocycles. The van der Waals surface area contributed by atoms with E-state index in [-0.39, 0.29) is 6.61 Å². The standard InChI is InChI=1S/C10H11NO.C10H11N.C2H5I.C2H6/c1-11-5-4-9-3-2-8(7-12)6-10(9)11;1-8-3-4-9-5-6-11(2)10(9)7-8;1-2-3;1-2/h2-6,12H,7H2,1H3;3-7H,1-2H3;2H2,1H3;1-2H3. The Hall–Kier alpha value is -1.79. The second-order valence-corrected chi connectivity index (χ2v) is 7.76. The highest BCUT2D eigenvalue weighted by molar-refractivity contribution is 14.1. The summed E-state index contributed by atoms with van der Waals surface area (Å²) in [6.07, 6.45) is 4.11. The third-order valence-corrected chi connectivity index (χ3v) is 4.18. The Labute approximate surface area is 183 Å². The maximum Gasteiger partial charge on any atom is 0.0682 e. The number of aromatic nitrogens is 2. The fraction of sp³-hybridized carbons (Fsp3) is 0.333. The van der Waals surface area contributed by atoms with Crippen molar-refractivity contribution in [2.45, 2.75) is 34.3 Å². The van der Waals surface area contributed by atoms with Gasteiger partial charge < -0.3 is 14.2 Å². The van der Waals surface area contributed by atoms with Crippen LogP contribution in [0.15, 0.2) is 60.9 Å². The number of nitrogens with zero attached hydrogens (tertiary/aromatic N) is 2. The predicted molar refractivity (Wildman–Crippen MR) is 132 cm³/mol. The number of aliphatic hydroxyl groups excluding tert-OH is 1. The SMILES string of the molecule is CC.CCI.Cc1ccc2ccn(C)c2c1.Cn1ccc2ccc(CO)cc21. The van der Waals surface area contributed by atoms with Gasteiger partial charge in [-0.15, -0.1) is 0 Å². The summed E-state index contributed by atoms with van der Waals surface area (Å²) in [5.41, 5.74) is 4.76. The molecule has 2 aromatic heterocycles. The molecule has 3 nitrogen and oxygen atoms in total. The quantitative estimate of drug-likeness (QED) is 0.235. The van der Waals surface area contributed by atoms with Crippen LogP contribution in [0.5, 0.6) is 0 Å². The maximum absolute atomic E-state index is 8.92. The summed E-state index contributed by atoms with van der Waals surface area (Å²) < 4.78 is 5.41. The van der Waals surface area contributed by atoms with Gasteiger partial charge in [0.15, 0.2) is 0 Å². The van der Waals surface area contributed by atoms with Gasteiger partial charge in [0, 0.05) is 37.5 Å². The molecule has 0 aliphatic heterocycles. The van der Waals surface area contributed by atoms with Crippen LogP contribution in [0.4, 0.5) is 0 Å². The molecule has 0 atom stereocenters. The van der Waals surface area contributed by atoms with E-state index in [0.717, 1.165) is 5.56 Å². The molecule has 2 aromatic carbocycles. The Morgan fingerprint density at radius 2 is 1.29 bits per heavy atom. The molecule has 0 unspecified atom stereocenters. The minimum Gasteiger partial charge on any atom is -0.392 e. The number of fused-ring (bicyclic) bond motifs is 2. The van der Waals surface area contributed by atoms with E-state index >= 15 is 0 Å². The van der Waals surface area contributed by atoms with Gasteiger partial charge in [-0.1, -0.05) is 67.6 Å². The second-order valence-electron chi connectivity index (χ2n) is 6.23. The van der Waals surface area contributed by atoms with E-state index in [0.29, 0.717) is 0 Å². The smallest absolute Gasteiger partial charge is 0.0682 e. The maximum atomic E-state index is 8.92. The largest absolute Gasteiger partial charge is 0.392 e. The molecular weight excluding hydrogens is 459 g/mol. The first-order valence-corrected chi connectivity index (χ1v) is 11.2. The van der Waals surface area contributed by atoms with Gasteiger partial charge in [-0.2, -0.15) is 0 Å². The van der Waals surface area contributed by atoms with Crippen molar-refractivity contribution in [3.8, 4) is 0 Å². The Morgan fingerprint density at radius 1 is 0.821 bits per heavy atom. The fourth-order valence-electron chi connectivity index (χ4n) is 2.78. The fourth-order valence-corrected chi connectivity index (χ4v) is 2.78. The zero-order valence-electron chi connectivity index (χ0n) is 17.9. The van der Waals surface area contributed by atoms with Crippen molar-refractivity contribution >= 4 is 44.4 Å². The van der Waals surface area contributed by atoms with Crippen LogP contribution in [0.3, 0.4) is 0 Å².